The number of nitrogens with zero attached hydrogens (tertiary/aromatic N) is 3. The highest BCUT2D eigenvalue weighted by atomic mass is 16.1. The van der Waals surface area contributed by atoms with Crippen molar-refractivity contribution < 1.29 is 4.79 Å². The van der Waals surface area contributed by atoms with E-state index in [0.29, 0.717) is 24.9 Å². The fourth-order valence-electron chi connectivity index (χ4n) is 5.25. The molecule has 3 heterocycles. The van der Waals surface area contributed by atoms with Gasteiger partial charge in [0.25, 0.3) is 0 Å². The highest BCUT2D eigenvalue weighted by molar-refractivity contribution is 5.89. The number of hydrogen-bond acceptors (Lipinski definition) is 6. The maximum absolute atomic E-state index is 12.3. The van der Waals surface area contributed by atoms with E-state index >= 15 is 0 Å². The largest absolute Gasteiger partial charge is 0.353 e. The van der Waals surface area contributed by atoms with E-state index in [1.165, 1.54) is 29.5 Å². The van der Waals surface area contributed by atoms with Crippen molar-refractivity contribution in [3.8, 4) is 0 Å². The van der Waals surface area contributed by atoms with Crippen LogP contribution in [0.5, 0.6) is 0 Å². The first-order valence-electron chi connectivity index (χ1n) is 11.3. The number of benzene rings is 1. The molecule has 30 heavy (non-hydrogen) atoms. The molecule has 0 bridgehead atoms. The van der Waals surface area contributed by atoms with Crippen molar-refractivity contribution in [3.05, 3.63) is 47.3 Å². The zero-order chi connectivity index (χ0) is 20.7. The van der Waals surface area contributed by atoms with E-state index in [1.54, 1.807) is 0 Å². The molecule has 1 aromatic rings. The van der Waals surface area contributed by atoms with Gasteiger partial charge in [0.05, 0.1) is 12.1 Å². The maximum Gasteiger partial charge on any atom is 0.220 e. The lowest BCUT2D eigenvalue weighted by Crippen LogP contribution is -2.54. The Morgan fingerprint density at radius 1 is 1.23 bits per heavy atom. The zero-order valence-corrected chi connectivity index (χ0v) is 17.9. The van der Waals surface area contributed by atoms with E-state index in [1.807, 2.05) is 0 Å². The highest BCUT2D eigenvalue weighted by Gasteiger charge is 2.44. The molecule has 7 heteroatoms. The van der Waals surface area contributed by atoms with Crippen molar-refractivity contribution >= 4 is 11.7 Å². The number of hydrazine groups is 1. The van der Waals surface area contributed by atoms with Crippen LogP contribution < -0.4 is 16.2 Å². The summed E-state index contributed by atoms with van der Waals surface area (Å²) in [6.07, 6.45) is 11.2. The smallest absolute Gasteiger partial charge is 0.220 e. The highest BCUT2D eigenvalue weighted by Crippen LogP contribution is 2.35. The number of amidine groups is 1. The first kappa shape index (κ1) is 19.4. The molecule has 3 N–H and O–H groups in total. The van der Waals surface area contributed by atoms with Crippen molar-refractivity contribution in [2.24, 2.45) is 5.10 Å². The van der Waals surface area contributed by atoms with E-state index in [2.05, 4.69) is 75.6 Å². The molecule has 0 radical (unpaired) electrons. The lowest BCUT2D eigenvalue weighted by atomic mass is 9.95. The van der Waals surface area contributed by atoms with Crippen LogP contribution in [0.4, 0.5) is 0 Å². The van der Waals surface area contributed by atoms with Crippen molar-refractivity contribution in [1.29, 1.82) is 0 Å². The number of nitrogens with one attached hydrogen (secondary N) is 3. The Bertz CT molecular complexity index is 874. The molecule has 0 spiro atoms. The van der Waals surface area contributed by atoms with Gasteiger partial charge in [-0.3, -0.25) is 10.2 Å². The SMILES string of the molecule is Cc1ccc(C)c(C2CC3C4NN=C(CCC(=O)NC5CCCC5)N4C=CN3N2)c1. The van der Waals surface area contributed by atoms with Crippen LogP contribution in [0.15, 0.2) is 35.7 Å². The number of amides is 1. The van der Waals surface area contributed by atoms with E-state index in [4.69, 9.17) is 0 Å². The van der Waals surface area contributed by atoms with Gasteiger partial charge < -0.3 is 15.2 Å². The summed E-state index contributed by atoms with van der Waals surface area (Å²) in [6, 6.07) is 7.63. The Morgan fingerprint density at radius 2 is 2.07 bits per heavy atom. The van der Waals surface area contributed by atoms with Gasteiger partial charge in [-0.25, -0.2) is 5.43 Å². The molecule has 3 unspecified atom stereocenters. The van der Waals surface area contributed by atoms with Gasteiger partial charge in [-0.15, -0.1) is 0 Å². The Balaban J connectivity index is 1.20. The van der Waals surface area contributed by atoms with Gasteiger partial charge in [0.2, 0.25) is 5.91 Å². The summed E-state index contributed by atoms with van der Waals surface area (Å²) in [4.78, 5) is 14.5. The van der Waals surface area contributed by atoms with E-state index in [-0.39, 0.29) is 18.1 Å². The minimum Gasteiger partial charge on any atom is -0.353 e. The number of fused-ring (bicyclic) bond motifs is 3. The summed E-state index contributed by atoms with van der Waals surface area (Å²) in [5.41, 5.74) is 11.0. The molecule has 2 fully saturated rings. The van der Waals surface area contributed by atoms with E-state index in [0.717, 1.165) is 25.1 Å². The second kappa shape index (κ2) is 7.95. The third-order valence-electron chi connectivity index (χ3n) is 6.92. The van der Waals surface area contributed by atoms with Crippen LogP contribution in [-0.2, 0) is 4.79 Å². The molecule has 160 valence electrons. The molecule has 1 amide bonds. The minimum atomic E-state index is 0.102. The van der Waals surface area contributed by atoms with Gasteiger partial charge in [-0.1, -0.05) is 36.6 Å². The predicted molar refractivity (Wildman–Crippen MR) is 117 cm³/mol. The lowest BCUT2D eigenvalue weighted by Gasteiger charge is -2.37. The molecule has 3 aliphatic heterocycles. The Labute approximate surface area is 178 Å². The predicted octanol–water partition coefficient (Wildman–Crippen LogP) is 2.79. The number of hydrogen-bond donors (Lipinski definition) is 3. The molecule has 1 saturated carbocycles. The van der Waals surface area contributed by atoms with Crippen LogP contribution >= 0.6 is 0 Å². The topological polar surface area (TPSA) is 72.0 Å². The summed E-state index contributed by atoms with van der Waals surface area (Å²) in [5, 5.41) is 9.97. The molecule has 3 atom stereocenters. The van der Waals surface area contributed by atoms with Crippen LogP contribution in [0.3, 0.4) is 0 Å². The summed E-state index contributed by atoms with van der Waals surface area (Å²) in [7, 11) is 0. The number of carbonyl (C=O) groups excluding carboxylic acids is 1. The van der Waals surface area contributed by atoms with E-state index in [9.17, 15) is 4.79 Å². The average molecular weight is 409 g/mol. The third kappa shape index (κ3) is 3.67. The fraction of sp³-hybridized carbons (Fsp3) is 0.565. The average Bonchev–Trinajstić information content (AvgIpc) is 3.46. The third-order valence-corrected chi connectivity index (χ3v) is 6.92. The minimum absolute atomic E-state index is 0.102. The van der Waals surface area contributed by atoms with Crippen LogP contribution in [0.1, 0.15) is 67.7 Å². The zero-order valence-electron chi connectivity index (χ0n) is 17.9. The lowest BCUT2D eigenvalue weighted by molar-refractivity contribution is -0.121. The molecule has 0 aromatic heterocycles. The second-order valence-corrected chi connectivity index (χ2v) is 9.11. The van der Waals surface area contributed by atoms with Crippen molar-refractivity contribution in [3.63, 3.8) is 0 Å². The van der Waals surface area contributed by atoms with Gasteiger partial charge in [-0.05, 0) is 44.2 Å². The fourth-order valence-corrected chi connectivity index (χ4v) is 5.25. The monoisotopic (exact) mass is 408 g/mol. The van der Waals surface area contributed by atoms with Crippen molar-refractivity contribution in [2.75, 3.05) is 0 Å². The van der Waals surface area contributed by atoms with Crippen molar-refractivity contribution in [2.45, 2.75) is 83.1 Å². The van der Waals surface area contributed by atoms with E-state index < -0.39 is 0 Å². The molecule has 1 saturated heterocycles. The van der Waals surface area contributed by atoms with Crippen LogP contribution in [0.2, 0.25) is 0 Å². The van der Waals surface area contributed by atoms with Gasteiger partial charge in [-0.2, -0.15) is 5.10 Å². The first-order valence-corrected chi connectivity index (χ1v) is 11.3. The quantitative estimate of drug-likeness (QED) is 0.699. The molecule has 4 aliphatic rings. The number of hydrazone groups is 1. The number of rotatable bonds is 5. The van der Waals surface area contributed by atoms with Crippen LogP contribution in [0, 0.1) is 13.8 Å². The van der Waals surface area contributed by atoms with Gasteiger partial charge in [0.15, 0.2) is 0 Å². The Kier molecular flexibility index (Phi) is 5.15. The molecule has 7 nitrogen and oxygen atoms in total. The summed E-state index contributed by atoms with van der Waals surface area (Å²) in [6.45, 7) is 4.33. The van der Waals surface area contributed by atoms with Crippen LogP contribution in [-0.4, -0.2) is 39.9 Å². The maximum atomic E-state index is 12.3. The standard InChI is InChI=1S/C23H32N6O/c1-15-7-8-16(2)18(13-15)19-14-20-23-26-25-21(28(23)11-12-29(20)27-19)9-10-22(30)24-17-5-3-4-6-17/h7-8,11-13,17,19-20,23,26-27H,3-6,9-10,14H2,1-2H3,(H,24,30). The molecule has 5 rings (SSSR count). The Morgan fingerprint density at radius 3 is 2.90 bits per heavy atom. The number of aryl methyl sites for hydroxylation is 2. The van der Waals surface area contributed by atoms with Gasteiger partial charge in [0.1, 0.15) is 12.0 Å². The normalized spacial score (nSPS) is 27.7. The molecule has 1 aliphatic carbocycles. The summed E-state index contributed by atoms with van der Waals surface area (Å²) < 4.78 is 0. The van der Waals surface area contributed by atoms with Gasteiger partial charge in [0, 0.05) is 31.3 Å². The molecular weight excluding hydrogens is 376 g/mol. The second-order valence-electron chi connectivity index (χ2n) is 9.11. The van der Waals surface area contributed by atoms with Gasteiger partial charge >= 0.3 is 0 Å². The number of carbonyl (C=O) groups is 1. The van der Waals surface area contributed by atoms with Crippen molar-refractivity contribution in [1.82, 2.24) is 26.1 Å². The van der Waals surface area contributed by atoms with Crippen LogP contribution in [0.25, 0.3) is 0 Å². The summed E-state index contributed by atoms with van der Waals surface area (Å²) in [5.74, 6) is 1.10. The molecular formula is C23H32N6O. The first-order chi connectivity index (χ1) is 14.6. The summed E-state index contributed by atoms with van der Waals surface area (Å²) >= 11 is 0. The molecule has 1 aromatic carbocycles. The Hall–Kier alpha value is -2.54.